The van der Waals surface area contributed by atoms with Gasteiger partial charge in [-0.1, -0.05) is 6.92 Å². The van der Waals surface area contributed by atoms with Crippen molar-refractivity contribution in [3.63, 3.8) is 0 Å². The molecule has 0 radical (unpaired) electrons. The lowest BCUT2D eigenvalue weighted by atomic mass is 10.2. The van der Waals surface area contributed by atoms with Gasteiger partial charge in [0.2, 0.25) is 0 Å². The monoisotopic (exact) mass is 147 g/mol. The van der Waals surface area contributed by atoms with Crippen LogP contribution in [0.2, 0.25) is 0 Å². The Hall–Kier alpha value is 0.310. The van der Waals surface area contributed by atoms with E-state index in [9.17, 15) is 0 Å². The molecule has 1 unspecified atom stereocenters. The van der Waals surface area contributed by atoms with E-state index in [-0.39, 0.29) is 0 Å². The molecule has 1 atom stereocenters. The number of hydrogen-bond acceptors (Lipinski definition) is 2. The van der Waals surface area contributed by atoms with Gasteiger partial charge in [-0.05, 0) is 32.1 Å². The first-order valence-electron chi connectivity index (χ1n) is 3.65. The minimum Gasteiger partial charge on any atom is -0.314 e. The summed E-state index contributed by atoms with van der Waals surface area (Å²) in [5.74, 6) is 0.984. The van der Waals surface area contributed by atoms with Crippen molar-refractivity contribution in [1.82, 2.24) is 5.32 Å². The molecular weight excluding hydrogens is 130 g/mol. The average molecular weight is 147 g/mol. The van der Waals surface area contributed by atoms with Crippen molar-refractivity contribution in [3.8, 4) is 0 Å². The second-order valence-electron chi connectivity index (χ2n) is 2.37. The van der Waals surface area contributed by atoms with Crippen LogP contribution in [0.5, 0.6) is 0 Å². The van der Waals surface area contributed by atoms with Crippen molar-refractivity contribution in [3.05, 3.63) is 0 Å². The van der Waals surface area contributed by atoms with Crippen LogP contribution in [-0.2, 0) is 0 Å². The van der Waals surface area contributed by atoms with E-state index in [1.807, 2.05) is 0 Å². The quantitative estimate of drug-likeness (QED) is 0.564. The fourth-order valence-electron chi connectivity index (χ4n) is 0.686. The molecule has 0 fully saturated rings. The molecule has 1 N–H and O–H groups in total. The number of rotatable bonds is 5. The summed E-state index contributed by atoms with van der Waals surface area (Å²) in [6, 6.07) is 0.641. The standard InChI is InChI=1S/C7H17NS/c1-3-5-8-7(2)4-6-9/h7-9H,3-6H2,1-2H3. The molecule has 0 aromatic carbocycles. The Kier molecular flexibility index (Phi) is 6.65. The zero-order valence-electron chi connectivity index (χ0n) is 6.35. The Morgan fingerprint density at radius 1 is 1.56 bits per heavy atom. The van der Waals surface area contributed by atoms with Crippen molar-refractivity contribution in [2.75, 3.05) is 12.3 Å². The predicted octanol–water partition coefficient (Wildman–Crippen LogP) is 1.69. The van der Waals surface area contributed by atoms with Crippen molar-refractivity contribution >= 4 is 12.6 Å². The van der Waals surface area contributed by atoms with Crippen molar-refractivity contribution in [2.45, 2.75) is 32.7 Å². The fraction of sp³-hybridized carbons (Fsp3) is 1.00. The third-order valence-electron chi connectivity index (χ3n) is 1.30. The molecule has 0 rings (SSSR count). The zero-order valence-corrected chi connectivity index (χ0v) is 7.25. The molecule has 0 bridgehead atoms. The first kappa shape index (κ1) is 9.31. The Bertz CT molecular complexity index is 56.9. The highest BCUT2D eigenvalue weighted by molar-refractivity contribution is 7.80. The molecular formula is C7H17NS. The third-order valence-corrected chi connectivity index (χ3v) is 1.56. The molecule has 0 saturated carbocycles. The van der Waals surface area contributed by atoms with E-state index in [2.05, 4.69) is 31.8 Å². The van der Waals surface area contributed by atoms with Crippen molar-refractivity contribution in [1.29, 1.82) is 0 Å². The second-order valence-corrected chi connectivity index (χ2v) is 2.81. The number of hydrogen-bond donors (Lipinski definition) is 2. The highest BCUT2D eigenvalue weighted by Crippen LogP contribution is 1.91. The van der Waals surface area contributed by atoms with E-state index in [1.54, 1.807) is 0 Å². The Morgan fingerprint density at radius 3 is 2.67 bits per heavy atom. The lowest BCUT2D eigenvalue weighted by Crippen LogP contribution is -2.26. The molecule has 0 heterocycles. The first-order valence-corrected chi connectivity index (χ1v) is 4.28. The van der Waals surface area contributed by atoms with E-state index in [1.165, 1.54) is 12.8 Å². The molecule has 0 aromatic rings. The van der Waals surface area contributed by atoms with Gasteiger partial charge in [0.25, 0.3) is 0 Å². The van der Waals surface area contributed by atoms with Crippen LogP contribution in [-0.4, -0.2) is 18.3 Å². The summed E-state index contributed by atoms with van der Waals surface area (Å²) in [5, 5.41) is 3.38. The van der Waals surface area contributed by atoms with E-state index in [4.69, 9.17) is 0 Å². The Labute approximate surface area is 63.6 Å². The van der Waals surface area contributed by atoms with Gasteiger partial charge in [-0.25, -0.2) is 0 Å². The summed E-state index contributed by atoms with van der Waals surface area (Å²) < 4.78 is 0. The highest BCUT2D eigenvalue weighted by Gasteiger charge is 1.95. The normalized spacial score (nSPS) is 13.7. The molecule has 0 aliphatic heterocycles. The van der Waals surface area contributed by atoms with Crippen LogP contribution in [0, 0.1) is 0 Å². The minimum absolute atomic E-state index is 0.641. The molecule has 0 saturated heterocycles. The maximum atomic E-state index is 4.14. The van der Waals surface area contributed by atoms with Gasteiger partial charge in [-0.15, -0.1) is 0 Å². The van der Waals surface area contributed by atoms with Crippen molar-refractivity contribution in [2.24, 2.45) is 0 Å². The summed E-state index contributed by atoms with van der Waals surface area (Å²) in [4.78, 5) is 0. The average Bonchev–Trinajstić information content (AvgIpc) is 1.85. The van der Waals surface area contributed by atoms with Gasteiger partial charge in [-0.2, -0.15) is 12.6 Å². The summed E-state index contributed by atoms with van der Waals surface area (Å²) in [6.45, 7) is 5.52. The number of thiol groups is 1. The summed E-state index contributed by atoms with van der Waals surface area (Å²) in [5.41, 5.74) is 0. The first-order chi connectivity index (χ1) is 4.31. The highest BCUT2D eigenvalue weighted by atomic mass is 32.1. The van der Waals surface area contributed by atoms with Gasteiger partial charge in [0.05, 0.1) is 0 Å². The topological polar surface area (TPSA) is 12.0 Å². The van der Waals surface area contributed by atoms with Gasteiger partial charge in [-0.3, -0.25) is 0 Å². The molecule has 2 heteroatoms. The molecule has 1 nitrogen and oxygen atoms in total. The van der Waals surface area contributed by atoms with Gasteiger partial charge in [0.1, 0.15) is 0 Å². The van der Waals surface area contributed by atoms with Gasteiger partial charge >= 0.3 is 0 Å². The molecule has 9 heavy (non-hydrogen) atoms. The minimum atomic E-state index is 0.641. The summed E-state index contributed by atoms with van der Waals surface area (Å²) >= 11 is 4.14. The van der Waals surface area contributed by atoms with Crippen LogP contribution in [0.4, 0.5) is 0 Å². The van der Waals surface area contributed by atoms with Gasteiger partial charge in [0.15, 0.2) is 0 Å². The zero-order chi connectivity index (χ0) is 7.11. The lowest BCUT2D eigenvalue weighted by Gasteiger charge is -2.10. The van der Waals surface area contributed by atoms with Crippen molar-refractivity contribution < 1.29 is 0 Å². The van der Waals surface area contributed by atoms with Crippen LogP contribution < -0.4 is 5.32 Å². The molecule has 0 aliphatic carbocycles. The largest absolute Gasteiger partial charge is 0.314 e. The van der Waals surface area contributed by atoms with Crippen LogP contribution in [0.15, 0.2) is 0 Å². The molecule has 0 spiro atoms. The molecule has 0 aliphatic rings. The van der Waals surface area contributed by atoms with Gasteiger partial charge < -0.3 is 5.32 Å². The molecule has 0 aromatic heterocycles. The summed E-state index contributed by atoms with van der Waals surface area (Å²) in [7, 11) is 0. The smallest absolute Gasteiger partial charge is 0.00464 e. The third kappa shape index (κ3) is 6.19. The van der Waals surface area contributed by atoms with Crippen LogP contribution in [0.25, 0.3) is 0 Å². The van der Waals surface area contributed by atoms with E-state index < -0.39 is 0 Å². The van der Waals surface area contributed by atoms with Crippen LogP contribution in [0.3, 0.4) is 0 Å². The predicted molar refractivity (Wildman–Crippen MR) is 46.2 cm³/mol. The Balaban J connectivity index is 2.95. The van der Waals surface area contributed by atoms with E-state index in [0.29, 0.717) is 6.04 Å². The summed E-state index contributed by atoms with van der Waals surface area (Å²) in [6.07, 6.45) is 2.39. The van der Waals surface area contributed by atoms with E-state index in [0.717, 1.165) is 12.3 Å². The van der Waals surface area contributed by atoms with Crippen LogP contribution in [0.1, 0.15) is 26.7 Å². The maximum absolute atomic E-state index is 4.14. The maximum Gasteiger partial charge on any atom is 0.00464 e. The molecule has 0 amide bonds. The lowest BCUT2D eigenvalue weighted by molar-refractivity contribution is 0.536. The van der Waals surface area contributed by atoms with Gasteiger partial charge in [0, 0.05) is 6.04 Å². The van der Waals surface area contributed by atoms with E-state index >= 15 is 0 Å². The second kappa shape index (κ2) is 6.43. The Morgan fingerprint density at radius 2 is 2.22 bits per heavy atom. The SMILES string of the molecule is CCCNC(C)CCS. The van der Waals surface area contributed by atoms with Crippen LogP contribution >= 0.6 is 12.6 Å². The molecule has 56 valence electrons. The fourth-order valence-corrected chi connectivity index (χ4v) is 1.07. The number of nitrogens with one attached hydrogen (secondary N) is 1.